The second-order valence-electron chi connectivity index (χ2n) is 17.9. The number of fused-ring (bicyclic) bond motifs is 4. The van der Waals surface area contributed by atoms with Gasteiger partial charge in [-0.15, -0.1) is 0 Å². The van der Waals surface area contributed by atoms with Gasteiger partial charge in [-0.2, -0.15) is 0 Å². The van der Waals surface area contributed by atoms with Crippen molar-refractivity contribution < 1.29 is 58.5 Å². The van der Waals surface area contributed by atoms with Crippen LogP contribution in [0.4, 0.5) is 0 Å². The number of cyclic esters (lactones) is 2. The highest BCUT2D eigenvalue weighted by molar-refractivity contribution is 5.74. The van der Waals surface area contributed by atoms with E-state index in [1.54, 1.807) is 0 Å². The van der Waals surface area contributed by atoms with Crippen LogP contribution in [0.25, 0.3) is 0 Å². The van der Waals surface area contributed by atoms with Crippen LogP contribution in [0.15, 0.2) is 0 Å². The zero-order chi connectivity index (χ0) is 36.6. The van der Waals surface area contributed by atoms with Gasteiger partial charge in [0.1, 0.15) is 36.6 Å². The molecule has 3 aliphatic carbocycles. The summed E-state index contributed by atoms with van der Waals surface area (Å²) in [6, 6.07) is 0. The molecule has 6 rings (SSSR count). The molecule has 0 aromatic heterocycles. The topological polar surface area (TPSA) is 178 Å². The van der Waals surface area contributed by atoms with Crippen LogP contribution in [0.3, 0.4) is 0 Å². The lowest BCUT2D eigenvalue weighted by Crippen LogP contribution is -2.67. The number of hydrogen-bond acceptors (Lipinski definition) is 12. The van der Waals surface area contributed by atoms with Crippen molar-refractivity contribution in [2.75, 3.05) is 13.2 Å². The molecule has 0 radical (unpaired) electrons. The first kappa shape index (κ1) is 37.9. The number of carbonyl (C=O) groups excluding carboxylic acids is 3. The summed E-state index contributed by atoms with van der Waals surface area (Å²) in [4.78, 5) is 37.8. The third kappa shape index (κ3) is 6.01. The van der Waals surface area contributed by atoms with Gasteiger partial charge in [0.2, 0.25) is 0 Å². The van der Waals surface area contributed by atoms with Crippen molar-refractivity contribution in [1.82, 2.24) is 0 Å². The van der Waals surface area contributed by atoms with E-state index in [-0.39, 0.29) is 76.0 Å². The van der Waals surface area contributed by atoms with Crippen LogP contribution >= 0.6 is 0 Å². The molecule has 3 saturated carbocycles. The first-order valence-corrected chi connectivity index (χ1v) is 18.9. The first-order valence-electron chi connectivity index (χ1n) is 18.9. The molecule has 284 valence electrons. The van der Waals surface area contributed by atoms with E-state index in [0.717, 1.165) is 32.1 Å². The number of hydrogen-bond donors (Lipinski definition) is 4. The third-order valence-corrected chi connectivity index (χ3v) is 15.0. The fraction of sp³-hybridized carbons (Fsp3) is 0.921. The molecule has 0 aromatic carbocycles. The Hall–Kier alpha value is -1.83. The summed E-state index contributed by atoms with van der Waals surface area (Å²) in [5.41, 5.74) is -1.13. The third-order valence-electron chi connectivity index (χ3n) is 15.0. The largest absolute Gasteiger partial charge is 0.465 e. The lowest BCUT2D eigenvalue weighted by molar-refractivity contribution is -0.331. The Bertz CT molecular complexity index is 1300. The van der Waals surface area contributed by atoms with Gasteiger partial charge in [0, 0.05) is 18.8 Å². The number of aliphatic hydroxyl groups excluding tert-OH is 4. The summed E-state index contributed by atoms with van der Waals surface area (Å²) in [6.45, 7) is 14.4. The minimum Gasteiger partial charge on any atom is -0.465 e. The molecular weight excluding hydrogens is 648 g/mol. The van der Waals surface area contributed by atoms with E-state index in [0.29, 0.717) is 32.3 Å². The second-order valence-corrected chi connectivity index (χ2v) is 17.9. The molecule has 16 atom stereocenters. The van der Waals surface area contributed by atoms with E-state index in [2.05, 4.69) is 34.6 Å². The Kier molecular flexibility index (Phi) is 10.3. The van der Waals surface area contributed by atoms with Gasteiger partial charge in [0.05, 0.1) is 31.7 Å². The highest BCUT2D eigenvalue weighted by Gasteiger charge is 2.71. The molecule has 0 unspecified atom stereocenters. The maximum atomic E-state index is 13.1. The molecule has 6 aliphatic rings. The van der Waals surface area contributed by atoms with Crippen molar-refractivity contribution in [3.8, 4) is 0 Å². The van der Waals surface area contributed by atoms with Crippen LogP contribution in [0.2, 0.25) is 0 Å². The fourth-order valence-corrected chi connectivity index (χ4v) is 12.4. The van der Waals surface area contributed by atoms with Gasteiger partial charge >= 0.3 is 17.9 Å². The van der Waals surface area contributed by atoms with Crippen molar-refractivity contribution >= 4 is 17.9 Å². The summed E-state index contributed by atoms with van der Waals surface area (Å²) < 4.78 is 29.8. The van der Waals surface area contributed by atoms with E-state index in [9.17, 15) is 34.8 Å². The molecule has 12 heteroatoms. The SMILES string of the molecule is CC(=O)O[C@@H](C[C@@H]1C[C@@H](C)C(=O)O1)[C@H](C)[C@H]1CC[C@@H]2[C@@]3(C)CC[C@H](O[C@@H]4O[C@H](CO)[C@@H](O)[C@H](O)[C@H]4O)C(C)(C)[C@@H]3CC[C@@]2(C)[C@@]12COC(=O)C2. The Labute approximate surface area is 295 Å². The standard InChI is InChI=1S/C38H60O12/c1-19-14-22(48-33(19)45)15-24(47-21(3)40)20(2)23-8-9-27-36(6)12-11-28(50-34-32(44)31(43)30(42)25(17-39)49-34)35(4,5)26(36)10-13-37(27,7)38(23)16-29(41)46-18-38/h19-20,22-28,30-32,34,39,42-44H,8-18H2,1-7H3/t19-,20-,22+,23-,24+,25-,26+,27-,28+,30-,31+,32-,34+,36+,37-,38+/m1/s1. The maximum Gasteiger partial charge on any atom is 0.309 e. The van der Waals surface area contributed by atoms with Crippen molar-refractivity contribution in [3.63, 3.8) is 0 Å². The Morgan fingerprint density at radius 3 is 2.30 bits per heavy atom. The van der Waals surface area contributed by atoms with Gasteiger partial charge in [-0.3, -0.25) is 14.4 Å². The zero-order valence-corrected chi connectivity index (χ0v) is 30.8. The van der Waals surface area contributed by atoms with Crippen LogP contribution in [0.5, 0.6) is 0 Å². The molecule has 4 N–H and O–H groups in total. The fourth-order valence-electron chi connectivity index (χ4n) is 12.4. The van der Waals surface area contributed by atoms with E-state index >= 15 is 0 Å². The Balaban J connectivity index is 1.26. The molecule has 0 bridgehead atoms. The summed E-state index contributed by atoms with van der Waals surface area (Å²) in [7, 11) is 0. The second kappa shape index (κ2) is 13.5. The van der Waals surface area contributed by atoms with Gasteiger partial charge in [0.25, 0.3) is 0 Å². The minimum absolute atomic E-state index is 0.0492. The molecule has 12 nitrogen and oxygen atoms in total. The van der Waals surface area contributed by atoms with E-state index < -0.39 is 48.8 Å². The van der Waals surface area contributed by atoms with Gasteiger partial charge in [0.15, 0.2) is 6.29 Å². The normalized spacial score (nSPS) is 48.3. The average Bonchev–Trinajstić information content (AvgIpc) is 3.59. The monoisotopic (exact) mass is 708 g/mol. The Morgan fingerprint density at radius 2 is 1.70 bits per heavy atom. The summed E-state index contributed by atoms with van der Waals surface area (Å²) in [5.74, 6) is -0.478. The smallest absolute Gasteiger partial charge is 0.309 e. The van der Waals surface area contributed by atoms with Crippen LogP contribution in [0.1, 0.15) is 106 Å². The molecular formula is C38H60O12. The number of ether oxygens (including phenoxy) is 5. The van der Waals surface area contributed by atoms with Crippen LogP contribution in [0, 0.1) is 51.2 Å². The van der Waals surface area contributed by atoms with Gasteiger partial charge in [-0.1, -0.05) is 41.5 Å². The highest BCUT2D eigenvalue weighted by Crippen LogP contribution is 2.74. The van der Waals surface area contributed by atoms with Gasteiger partial charge in [-0.05, 0) is 84.9 Å². The molecule has 3 aliphatic heterocycles. The van der Waals surface area contributed by atoms with Crippen molar-refractivity contribution in [1.29, 1.82) is 0 Å². The quantitative estimate of drug-likeness (QED) is 0.165. The van der Waals surface area contributed by atoms with Crippen molar-refractivity contribution in [3.05, 3.63) is 0 Å². The molecule has 3 heterocycles. The predicted molar refractivity (Wildman–Crippen MR) is 178 cm³/mol. The van der Waals surface area contributed by atoms with Crippen LogP contribution < -0.4 is 0 Å². The van der Waals surface area contributed by atoms with Crippen LogP contribution in [-0.4, -0.2) is 101 Å². The zero-order valence-electron chi connectivity index (χ0n) is 30.8. The number of carbonyl (C=O) groups is 3. The van der Waals surface area contributed by atoms with E-state index in [4.69, 9.17) is 23.7 Å². The molecule has 0 amide bonds. The van der Waals surface area contributed by atoms with Crippen LogP contribution in [-0.2, 0) is 38.1 Å². The van der Waals surface area contributed by atoms with E-state index in [1.807, 2.05) is 6.92 Å². The molecule has 50 heavy (non-hydrogen) atoms. The summed E-state index contributed by atoms with van der Waals surface area (Å²) in [5, 5.41) is 41.2. The molecule has 0 aromatic rings. The number of aliphatic hydroxyl groups is 4. The Morgan fingerprint density at radius 1 is 0.980 bits per heavy atom. The summed E-state index contributed by atoms with van der Waals surface area (Å²) in [6.07, 6.45) is -1.22. The van der Waals surface area contributed by atoms with Gasteiger partial charge < -0.3 is 44.1 Å². The van der Waals surface area contributed by atoms with Crippen molar-refractivity contribution in [2.24, 2.45) is 51.2 Å². The van der Waals surface area contributed by atoms with Crippen molar-refractivity contribution in [2.45, 2.75) is 155 Å². The van der Waals surface area contributed by atoms with E-state index in [1.165, 1.54) is 6.92 Å². The molecule has 6 fully saturated rings. The molecule has 3 saturated heterocycles. The maximum absolute atomic E-state index is 13.1. The van der Waals surface area contributed by atoms with Gasteiger partial charge in [-0.25, -0.2) is 0 Å². The number of esters is 3. The highest BCUT2D eigenvalue weighted by atomic mass is 16.7. The minimum atomic E-state index is -1.50. The first-order chi connectivity index (χ1) is 23.4. The predicted octanol–water partition coefficient (Wildman–Crippen LogP) is 3.28. The average molecular weight is 709 g/mol. The lowest BCUT2D eigenvalue weighted by atomic mass is 9.34. The molecule has 1 spiro atoms. The lowest BCUT2D eigenvalue weighted by Gasteiger charge is -2.70. The summed E-state index contributed by atoms with van der Waals surface area (Å²) >= 11 is 0. The number of rotatable bonds is 8.